The lowest BCUT2D eigenvalue weighted by molar-refractivity contribution is -0.171. The molecule has 1 heterocycles. The predicted octanol–water partition coefficient (Wildman–Crippen LogP) is 1.86. The summed E-state index contributed by atoms with van der Waals surface area (Å²) in [5.74, 6) is -0.762. The third kappa shape index (κ3) is 2.96. The maximum absolute atomic E-state index is 12.8. The molecule has 0 aromatic carbocycles. The molecule has 122 valence electrons. The molecule has 1 fully saturated rings. The lowest BCUT2D eigenvalue weighted by Gasteiger charge is -2.40. The van der Waals surface area contributed by atoms with Crippen molar-refractivity contribution in [2.24, 2.45) is 13.0 Å². The fraction of sp³-hybridized carbons (Fsp3) is 0.786. The quantitative estimate of drug-likeness (QED) is 0.855. The van der Waals surface area contributed by atoms with Crippen LogP contribution in [0.1, 0.15) is 37.1 Å². The maximum Gasteiger partial charge on any atom is 0.406 e. The lowest BCUT2D eigenvalue weighted by atomic mass is 9.85. The van der Waals surface area contributed by atoms with Gasteiger partial charge in [-0.3, -0.25) is 9.48 Å². The molecule has 2 aliphatic rings. The molecular weight excluding hydrogens is 297 g/mol. The Labute approximate surface area is 126 Å². The number of alkyl halides is 3. The van der Waals surface area contributed by atoms with Crippen molar-refractivity contribution >= 4 is 5.91 Å². The third-order valence-electron chi connectivity index (χ3n) is 4.69. The summed E-state index contributed by atoms with van der Waals surface area (Å²) < 4.78 is 40.0. The number of rotatable bonds is 3. The zero-order valence-corrected chi connectivity index (χ0v) is 12.4. The molecule has 0 radical (unpaired) electrons. The minimum Gasteiger partial charge on any atom is -0.330 e. The van der Waals surface area contributed by atoms with Crippen LogP contribution in [0.5, 0.6) is 0 Å². The molecule has 0 bridgehead atoms. The molecule has 5 nitrogen and oxygen atoms in total. The second kappa shape index (κ2) is 5.55. The van der Waals surface area contributed by atoms with E-state index in [9.17, 15) is 18.0 Å². The zero-order chi connectivity index (χ0) is 15.9. The number of hydrogen-bond acceptors (Lipinski definition) is 3. The van der Waals surface area contributed by atoms with Crippen LogP contribution in [-0.2, 0) is 24.7 Å². The van der Waals surface area contributed by atoms with E-state index >= 15 is 0 Å². The molecule has 22 heavy (non-hydrogen) atoms. The Balaban J connectivity index is 1.75. The summed E-state index contributed by atoms with van der Waals surface area (Å²) in [6.07, 6.45) is -0.527. The van der Waals surface area contributed by atoms with Gasteiger partial charge in [0.1, 0.15) is 6.54 Å². The van der Waals surface area contributed by atoms with E-state index in [-0.39, 0.29) is 11.9 Å². The number of fused-ring (bicyclic) bond motifs is 1. The highest BCUT2D eigenvalue weighted by Gasteiger charge is 2.41. The van der Waals surface area contributed by atoms with Crippen LogP contribution in [0, 0.1) is 5.92 Å². The summed E-state index contributed by atoms with van der Waals surface area (Å²) >= 11 is 0. The summed E-state index contributed by atoms with van der Waals surface area (Å²) in [5, 5.41) is 7.95. The zero-order valence-electron chi connectivity index (χ0n) is 12.4. The van der Waals surface area contributed by atoms with E-state index in [0.29, 0.717) is 32.1 Å². The molecule has 0 aliphatic heterocycles. The molecule has 0 spiro atoms. The fourth-order valence-electron chi connectivity index (χ4n) is 3.23. The topological polar surface area (TPSA) is 51.0 Å². The van der Waals surface area contributed by atoms with Crippen LogP contribution in [0.2, 0.25) is 0 Å². The molecule has 1 aromatic rings. The Morgan fingerprint density at radius 1 is 1.36 bits per heavy atom. The van der Waals surface area contributed by atoms with Gasteiger partial charge in [-0.25, -0.2) is 0 Å². The molecule has 1 saturated carbocycles. The number of amides is 1. The number of hydrogen-bond donors (Lipinski definition) is 0. The van der Waals surface area contributed by atoms with Crippen LogP contribution in [0.15, 0.2) is 0 Å². The number of nitrogens with zero attached hydrogens (tertiary/aromatic N) is 4. The Morgan fingerprint density at radius 2 is 2.09 bits per heavy atom. The van der Waals surface area contributed by atoms with E-state index in [2.05, 4.69) is 10.3 Å². The van der Waals surface area contributed by atoms with E-state index in [1.165, 1.54) is 0 Å². The smallest absolute Gasteiger partial charge is 0.330 e. The fourth-order valence-corrected chi connectivity index (χ4v) is 3.23. The van der Waals surface area contributed by atoms with Gasteiger partial charge in [-0.2, -0.15) is 13.2 Å². The van der Waals surface area contributed by atoms with Crippen molar-refractivity contribution in [2.75, 3.05) is 6.54 Å². The van der Waals surface area contributed by atoms with Crippen molar-refractivity contribution in [1.82, 2.24) is 19.9 Å². The molecule has 0 N–H and O–H groups in total. The number of carbonyl (C=O) groups is 1. The van der Waals surface area contributed by atoms with Crippen molar-refractivity contribution in [1.29, 1.82) is 0 Å². The van der Waals surface area contributed by atoms with Gasteiger partial charge in [0, 0.05) is 25.4 Å². The highest BCUT2D eigenvalue weighted by Crippen LogP contribution is 2.32. The van der Waals surface area contributed by atoms with Crippen molar-refractivity contribution in [3.8, 4) is 0 Å². The number of carbonyl (C=O) groups excluding carboxylic acids is 1. The summed E-state index contributed by atoms with van der Waals surface area (Å²) in [4.78, 5) is 13.7. The van der Waals surface area contributed by atoms with Gasteiger partial charge in [0.05, 0.1) is 11.4 Å². The van der Waals surface area contributed by atoms with Gasteiger partial charge in [-0.15, -0.1) is 5.10 Å². The molecule has 2 aliphatic carbocycles. The number of aryl methyl sites for hydroxylation is 2. The summed E-state index contributed by atoms with van der Waals surface area (Å²) in [7, 11) is 1.75. The minimum absolute atomic E-state index is 0.250. The Hall–Kier alpha value is -1.60. The van der Waals surface area contributed by atoms with Crippen molar-refractivity contribution in [2.45, 2.75) is 50.7 Å². The van der Waals surface area contributed by atoms with Crippen LogP contribution in [0.3, 0.4) is 0 Å². The highest BCUT2D eigenvalue weighted by molar-refractivity contribution is 5.80. The first kappa shape index (κ1) is 15.3. The minimum atomic E-state index is -4.35. The van der Waals surface area contributed by atoms with Crippen molar-refractivity contribution in [3.63, 3.8) is 0 Å². The first-order valence-electron chi connectivity index (χ1n) is 7.60. The first-order valence-corrected chi connectivity index (χ1v) is 7.60. The monoisotopic (exact) mass is 316 g/mol. The predicted molar refractivity (Wildman–Crippen MR) is 71.9 cm³/mol. The van der Waals surface area contributed by atoms with E-state index in [4.69, 9.17) is 0 Å². The average Bonchev–Trinajstić information content (AvgIpc) is 2.75. The Morgan fingerprint density at radius 3 is 2.68 bits per heavy atom. The van der Waals surface area contributed by atoms with E-state index in [1.807, 2.05) is 0 Å². The highest BCUT2D eigenvalue weighted by atomic mass is 19.4. The second-order valence-electron chi connectivity index (χ2n) is 6.21. The number of halogens is 3. The van der Waals surface area contributed by atoms with Crippen LogP contribution >= 0.6 is 0 Å². The van der Waals surface area contributed by atoms with Crippen LogP contribution in [0.4, 0.5) is 13.2 Å². The van der Waals surface area contributed by atoms with E-state index < -0.39 is 18.6 Å². The van der Waals surface area contributed by atoms with E-state index in [0.717, 1.165) is 22.7 Å². The number of aromatic nitrogens is 3. The molecule has 1 aromatic heterocycles. The van der Waals surface area contributed by atoms with Crippen LogP contribution in [0.25, 0.3) is 0 Å². The van der Waals surface area contributed by atoms with Crippen LogP contribution in [-0.4, -0.2) is 44.6 Å². The maximum atomic E-state index is 12.8. The van der Waals surface area contributed by atoms with E-state index in [1.54, 1.807) is 11.7 Å². The van der Waals surface area contributed by atoms with Gasteiger partial charge in [0.2, 0.25) is 5.91 Å². The summed E-state index contributed by atoms with van der Waals surface area (Å²) in [6, 6.07) is -0.250. The summed E-state index contributed by atoms with van der Waals surface area (Å²) in [5.41, 5.74) is 1.72. The molecule has 0 saturated heterocycles. The normalized spacial score (nSPS) is 22.1. The SMILES string of the molecule is Cn1nnc2c1CC(C(=O)N(CC(F)(F)F)C1CCC1)CC2. The van der Waals surface area contributed by atoms with Gasteiger partial charge in [0.15, 0.2) is 0 Å². The molecule has 1 amide bonds. The Kier molecular flexibility index (Phi) is 3.86. The van der Waals surface area contributed by atoms with Gasteiger partial charge >= 0.3 is 6.18 Å². The largest absolute Gasteiger partial charge is 0.406 e. The molecule has 8 heteroatoms. The first-order chi connectivity index (χ1) is 10.3. The van der Waals surface area contributed by atoms with Gasteiger partial charge in [-0.1, -0.05) is 5.21 Å². The third-order valence-corrected chi connectivity index (χ3v) is 4.69. The lowest BCUT2D eigenvalue weighted by Crippen LogP contribution is -2.51. The van der Waals surface area contributed by atoms with Gasteiger partial charge in [-0.05, 0) is 32.1 Å². The van der Waals surface area contributed by atoms with Gasteiger partial charge < -0.3 is 4.90 Å². The molecule has 3 rings (SSSR count). The summed E-state index contributed by atoms with van der Waals surface area (Å²) in [6.45, 7) is -1.14. The standard InChI is InChI=1S/C14H19F3N4O/c1-20-12-7-9(5-6-11(12)18-19-20)13(22)21(8-14(15,16)17)10-3-2-4-10/h9-10H,2-8H2,1H3. The Bertz CT molecular complexity index is 565. The van der Waals surface area contributed by atoms with Crippen molar-refractivity contribution < 1.29 is 18.0 Å². The van der Waals surface area contributed by atoms with Crippen molar-refractivity contribution in [3.05, 3.63) is 11.4 Å². The second-order valence-corrected chi connectivity index (χ2v) is 6.21. The molecule has 1 atom stereocenters. The molecule has 1 unspecified atom stereocenters. The average molecular weight is 316 g/mol. The van der Waals surface area contributed by atoms with Gasteiger partial charge in [0.25, 0.3) is 0 Å². The van der Waals surface area contributed by atoms with Crippen LogP contribution < -0.4 is 0 Å². The molecular formula is C14H19F3N4O.